The summed E-state index contributed by atoms with van der Waals surface area (Å²) >= 11 is 0. The average Bonchev–Trinajstić information content (AvgIpc) is 2.96. The third-order valence-corrected chi connectivity index (χ3v) is 5.09. The van der Waals surface area contributed by atoms with Crippen LogP contribution in [0.25, 0.3) is 5.69 Å². The molecule has 2 atom stereocenters. The van der Waals surface area contributed by atoms with E-state index in [1.165, 1.54) is 0 Å². The van der Waals surface area contributed by atoms with Gasteiger partial charge in [-0.25, -0.2) is 4.68 Å². The summed E-state index contributed by atoms with van der Waals surface area (Å²) in [4.78, 5) is 15.0. The molecule has 2 heterocycles. The van der Waals surface area contributed by atoms with Gasteiger partial charge in [0.2, 0.25) is 0 Å². The van der Waals surface area contributed by atoms with Gasteiger partial charge >= 0.3 is 0 Å². The molecule has 1 saturated heterocycles. The lowest BCUT2D eigenvalue weighted by molar-refractivity contribution is 0.0573. The molecule has 0 bridgehead atoms. The fourth-order valence-corrected chi connectivity index (χ4v) is 3.56. The molecule has 2 aromatic rings. The maximum Gasteiger partial charge on any atom is 0.257 e. The van der Waals surface area contributed by atoms with E-state index in [1.54, 1.807) is 6.20 Å². The summed E-state index contributed by atoms with van der Waals surface area (Å²) in [5, 5.41) is 4.47. The number of nitrogens with zero attached hydrogens (tertiary/aromatic N) is 3. The molecular formula is C19H26N4O. The van der Waals surface area contributed by atoms with Gasteiger partial charge in [-0.3, -0.25) is 4.79 Å². The van der Waals surface area contributed by atoms with Crippen molar-refractivity contribution >= 4 is 5.91 Å². The number of amides is 1. The van der Waals surface area contributed by atoms with Crippen LogP contribution >= 0.6 is 0 Å². The Kier molecular flexibility index (Phi) is 4.71. The molecule has 1 amide bonds. The van der Waals surface area contributed by atoms with Crippen LogP contribution in [0.1, 0.15) is 41.4 Å². The predicted molar refractivity (Wildman–Crippen MR) is 95.3 cm³/mol. The summed E-state index contributed by atoms with van der Waals surface area (Å²) in [6.07, 6.45) is 3.70. The van der Waals surface area contributed by atoms with Crippen molar-refractivity contribution in [2.45, 2.75) is 39.7 Å². The van der Waals surface area contributed by atoms with E-state index in [-0.39, 0.29) is 11.9 Å². The second kappa shape index (κ2) is 6.77. The number of hydrogen-bond acceptors (Lipinski definition) is 3. The van der Waals surface area contributed by atoms with Gasteiger partial charge in [0.15, 0.2) is 0 Å². The summed E-state index contributed by atoms with van der Waals surface area (Å²) in [5.41, 5.74) is 9.61. The molecule has 1 aliphatic heterocycles. The molecule has 24 heavy (non-hydrogen) atoms. The highest BCUT2D eigenvalue weighted by Gasteiger charge is 2.31. The van der Waals surface area contributed by atoms with E-state index in [0.717, 1.165) is 36.3 Å². The third kappa shape index (κ3) is 2.96. The molecule has 1 fully saturated rings. The first-order valence-corrected chi connectivity index (χ1v) is 8.64. The van der Waals surface area contributed by atoms with Gasteiger partial charge in [0.1, 0.15) is 0 Å². The van der Waals surface area contributed by atoms with Crippen LogP contribution in [0.3, 0.4) is 0 Å². The van der Waals surface area contributed by atoms with Gasteiger partial charge in [-0.1, -0.05) is 25.1 Å². The number of likely N-dealkylation sites (tertiary alicyclic amines) is 1. The highest BCUT2D eigenvalue weighted by atomic mass is 16.2. The van der Waals surface area contributed by atoms with Crippen molar-refractivity contribution < 1.29 is 4.79 Å². The highest BCUT2D eigenvalue weighted by Crippen LogP contribution is 2.25. The van der Waals surface area contributed by atoms with Crippen LogP contribution < -0.4 is 5.73 Å². The Hall–Kier alpha value is -2.14. The Morgan fingerprint density at radius 1 is 1.33 bits per heavy atom. The fraction of sp³-hybridized carbons (Fsp3) is 0.474. The molecule has 5 nitrogen and oxygen atoms in total. The van der Waals surface area contributed by atoms with Crippen LogP contribution in [0.15, 0.2) is 30.5 Å². The van der Waals surface area contributed by atoms with Gasteiger partial charge in [0.25, 0.3) is 5.91 Å². The molecule has 1 aromatic heterocycles. The summed E-state index contributed by atoms with van der Waals surface area (Å²) in [5.74, 6) is 0.674. The first-order valence-electron chi connectivity index (χ1n) is 8.64. The molecule has 3 rings (SSSR count). The van der Waals surface area contributed by atoms with Gasteiger partial charge in [0, 0.05) is 19.1 Å². The Morgan fingerprint density at radius 2 is 2.08 bits per heavy atom. The summed E-state index contributed by atoms with van der Waals surface area (Å²) in [7, 11) is 0. The van der Waals surface area contributed by atoms with Crippen LogP contribution in [0.5, 0.6) is 0 Å². The van der Waals surface area contributed by atoms with E-state index in [0.29, 0.717) is 18.0 Å². The largest absolute Gasteiger partial charge is 0.334 e. The minimum atomic E-state index is 0.0506. The molecule has 5 heteroatoms. The second-order valence-electron chi connectivity index (χ2n) is 6.86. The number of carbonyl (C=O) groups is 1. The van der Waals surface area contributed by atoms with Gasteiger partial charge in [-0.15, -0.1) is 0 Å². The molecular weight excluding hydrogens is 300 g/mol. The minimum absolute atomic E-state index is 0.0506. The lowest BCUT2D eigenvalue weighted by Gasteiger charge is -2.38. The molecule has 0 saturated carbocycles. The Morgan fingerprint density at radius 3 is 2.79 bits per heavy atom. The number of benzene rings is 1. The monoisotopic (exact) mass is 326 g/mol. The van der Waals surface area contributed by atoms with Crippen molar-refractivity contribution in [1.29, 1.82) is 0 Å². The van der Waals surface area contributed by atoms with Gasteiger partial charge < -0.3 is 10.6 Å². The molecule has 1 aromatic carbocycles. The van der Waals surface area contributed by atoms with Crippen molar-refractivity contribution in [1.82, 2.24) is 14.7 Å². The second-order valence-corrected chi connectivity index (χ2v) is 6.86. The SMILES string of the molecule is Cc1ccccc1-n1ncc(C(=O)N2CCC(C)CC2CN)c1C. The number of aryl methyl sites for hydroxylation is 1. The van der Waals surface area contributed by atoms with E-state index in [4.69, 9.17) is 5.73 Å². The van der Waals surface area contributed by atoms with Gasteiger partial charge in [0.05, 0.1) is 23.1 Å². The molecule has 128 valence electrons. The standard InChI is InChI=1S/C19H26N4O/c1-13-8-9-22(16(10-13)11-20)19(24)17-12-21-23(15(17)3)18-7-5-4-6-14(18)2/h4-7,12-13,16H,8-11,20H2,1-3H3. The van der Waals surface area contributed by atoms with E-state index < -0.39 is 0 Å². The summed E-state index contributed by atoms with van der Waals surface area (Å²) < 4.78 is 1.85. The van der Waals surface area contributed by atoms with E-state index in [1.807, 2.05) is 34.7 Å². The quantitative estimate of drug-likeness (QED) is 0.943. The average molecular weight is 326 g/mol. The maximum absolute atomic E-state index is 13.0. The van der Waals surface area contributed by atoms with Gasteiger partial charge in [-0.2, -0.15) is 5.10 Å². The maximum atomic E-state index is 13.0. The molecule has 0 aliphatic carbocycles. The first kappa shape index (κ1) is 16.7. The van der Waals surface area contributed by atoms with Crippen LogP contribution in [0, 0.1) is 19.8 Å². The lowest BCUT2D eigenvalue weighted by Crippen LogP contribution is -2.49. The van der Waals surface area contributed by atoms with Crippen molar-refractivity contribution in [3.8, 4) is 5.69 Å². The number of hydrogen-bond donors (Lipinski definition) is 1. The molecule has 1 aliphatic rings. The van der Waals surface area contributed by atoms with Crippen molar-refractivity contribution in [3.63, 3.8) is 0 Å². The number of aromatic nitrogens is 2. The Bertz CT molecular complexity index is 737. The van der Waals surface area contributed by atoms with Crippen LogP contribution in [0.2, 0.25) is 0 Å². The van der Waals surface area contributed by atoms with Crippen molar-refractivity contribution in [2.75, 3.05) is 13.1 Å². The van der Waals surface area contributed by atoms with Gasteiger partial charge in [-0.05, 0) is 44.2 Å². The number of rotatable bonds is 3. The van der Waals surface area contributed by atoms with E-state index in [9.17, 15) is 4.79 Å². The fourth-order valence-electron chi connectivity index (χ4n) is 3.56. The lowest BCUT2D eigenvalue weighted by atomic mass is 9.92. The molecule has 0 spiro atoms. The topological polar surface area (TPSA) is 64.2 Å². The number of nitrogens with two attached hydrogens (primary N) is 1. The molecule has 2 N–H and O–H groups in total. The molecule has 2 unspecified atom stereocenters. The van der Waals surface area contributed by atoms with Crippen molar-refractivity contribution in [2.24, 2.45) is 11.7 Å². The summed E-state index contributed by atoms with van der Waals surface area (Å²) in [6, 6.07) is 8.19. The number of piperidine rings is 1. The van der Waals surface area contributed by atoms with Crippen LogP contribution in [0.4, 0.5) is 0 Å². The van der Waals surface area contributed by atoms with Crippen LogP contribution in [-0.2, 0) is 0 Å². The van der Waals surface area contributed by atoms with E-state index >= 15 is 0 Å². The normalized spacial score (nSPS) is 21.1. The predicted octanol–water partition coefficient (Wildman–Crippen LogP) is 2.69. The highest BCUT2D eigenvalue weighted by molar-refractivity contribution is 5.95. The smallest absolute Gasteiger partial charge is 0.257 e. The number of para-hydroxylation sites is 1. The zero-order valence-corrected chi connectivity index (χ0v) is 14.7. The Balaban J connectivity index is 1.91. The first-order chi connectivity index (χ1) is 11.5. The summed E-state index contributed by atoms with van der Waals surface area (Å²) in [6.45, 7) is 7.52. The Labute approximate surface area is 143 Å². The zero-order valence-electron chi connectivity index (χ0n) is 14.7. The van der Waals surface area contributed by atoms with E-state index in [2.05, 4.69) is 25.0 Å². The molecule has 0 radical (unpaired) electrons. The number of carbonyl (C=O) groups excluding carboxylic acids is 1. The van der Waals surface area contributed by atoms with Crippen molar-refractivity contribution in [3.05, 3.63) is 47.3 Å². The van der Waals surface area contributed by atoms with Crippen LogP contribution in [-0.4, -0.2) is 39.7 Å². The third-order valence-electron chi connectivity index (χ3n) is 5.09. The zero-order chi connectivity index (χ0) is 17.3. The minimum Gasteiger partial charge on any atom is -0.334 e.